The summed E-state index contributed by atoms with van der Waals surface area (Å²) in [4.78, 5) is 0. The quantitative estimate of drug-likeness (QED) is 0.896. The number of hydrogen-bond donors (Lipinski definition) is 1. The Labute approximate surface area is 127 Å². The van der Waals surface area contributed by atoms with E-state index >= 15 is 0 Å². The normalized spacial score (nSPS) is 18.2. The van der Waals surface area contributed by atoms with Gasteiger partial charge in [0, 0.05) is 12.6 Å². The summed E-state index contributed by atoms with van der Waals surface area (Å²) in [5.41, 5.74) is 4.20. The molecule has 0 fully saturated rings. The second kappa shape index (κ2) is 5.21. The molecule has 2 aromatic rings. The maximum atomic E-state index is 4.89. The lowest BCUT2D eigenvalue weighted by atomic mass is 9.91. The Balaban J connectivity index is 1.97. The molecule has 0 aliphatic carbocycles. The van der Waals surface area contributed by atoms with Crippen LogP contribution in [-0.4, -0.2) is 16.3 Å². The molecule has 1 unspecified atom stereocenters. The SMILES string of the molecule is Cc1ccccc1C1CCNc2cc(CC(C)(C)C)nn21. The molecule has 1 aliphatic heterocycles. The van der Waals surface area contributed by atoms with Crippen molar-refractivity contribution in [1.82, 2.24) is 9.78 Å². The molecule has 3 rings (SSSR count). The molecule has 112 valence electrons. The fraction of sp³-hybridized carbons (Fsp3) is 0.500. The number of anilines is 1. The minimum absolute atomic E-state index is 0.267. The van der Waals surface area contributed by atoms with E-state index in [1.165, 1.54) is 16.8 Å². The summed E-state index contributed by atoms with van der Waals surface area (Å²) in [6, 6.07) is 11.2. The Morgan fingerprint density at radius 1 is 1.29 bits per heavy atom. The third-order valence-electron chi connectivity index (χ3n) is 4.06. The maximum Gasteiger partial charge on any atom is 0.125 e. The van der Waals surface area contributed by atoms with E-state index in [0.29, 0.717) is 6.04 Å². The lowest BCUT2D eigenvalue weighted by Crippen LogP contribution is -2.25. The predicted molar refractivity (Wildman–Crippen MR) is 87.8 cm³/mol. The number of rotatable bonds is 2. The summed E-state index contributed by atoms with van der Waals surface area (Å²) in [5, 5.41) is 8.38. The summed E-state index contributed by atoms with van der Waals surface area (Å²) in [6.07, 6.45) is 2.10. The number of benzene rings is 1. The molecule has 3 heteroatoms. The fourth-order valence-electron chi connectivity index (χ4n) is 3.15. The van der Waals surface area contributed by atoms with Crippen LogP contribution in [0.1, 0.15) is 50.1 Å². The minimum Gasteiger partial charge on any atom is -0.370 e. The van der Waals surface area contributed by atoms with Crippen molar-refractivity contribution in [3.63, 3.8) is 0 Å². The summed E-state index contributed by atoms with van der Waals surface area (Å²) < 4.78 is 2.19. The average molecular weight is 283 g/mol. The monoisotopic (exact) mass is 283 g/mol. The zero-order valence-corrected chi connectivity index (χ0v) is 13.5. The van der Waals surface area contributed by atoms with Gasteiger partial charge in [0.2, 0.25) is 0 Å². The van der Waals surface area contributed by atoms with Crippen molar-refractivity contribution in [2.45, 2.75) is 46.6 Å². The molecule has 3 nitrogen and oxygen atoms in total. The van der Waals surface area contributed by atoms with Crippen LogP contribution in [0.3, 0.4) is 0 Å². The summed E-state index contributed by atoms with van der Waals surface area (Å²) in [5.74, 6) is 1.16. The molecular weight excluding hydrogens is 258 g/mol. The van der Waals surface area contributed by atoms with E-state index in [2.05, 4.69) is 68.0 Å². The Bertz CT molecular complexity index is 634. The van der Waals surface area contributed by atoms with Crippen LogP contribution < -0.4 is 5.32 Å². The van der Waals surface area contributed by atoms with Crippen LogP contribution >= 0.6 is 0 Å². The first-order valence-corrected chi connectivity index (χ1v) is 7.82. The molecule has 0 saturated carbocycles. The van der Waals surface area contributed by atoms with Crippen LogP contribution in [0.15, 0.2) is 30.3 Å². The molecule has 21 heavy (non-hydrogen) atoms. The zero-order valence-electron chi connectivity index (χ0n) is 13.5. The topological polar surface area (TPSA) is 29.9 Å². The number of nitrogens with one attached hydrogen (secondary N) is 1. The zero-order chi connectivity index (χ0) is 15.0. The van der Waals surface area contributed by atoms with Gasteiger partial charge in [-0.25, -0.2) is 4.68 Å². The highest BCUT2D eigenvalue weighted by molar-refractivity contribution is 5.42. The third-order valence-corrected chi connectivity index (χ3v) is 4.06. The number of aryl methyl sites for hydroxylation is 1. The van der Waals surface area contributed by atoms with Crippen molar-refractivity contribution in [2.24, 2.45) is 5.41 Å². The number of hydrogen-bond acceptors (Lipinski definition) is 2. The lowest BCUT2D eigenvalue weighted by Gasteiger charge is -2.27. The van der Waals surface area contributed by atoms with Crippen LogP contribution in [0.2, 0.25) is 0 Å². The van der Waals surface area contributed by atoms with Crippen molar-refractivity contribution in [3.05, 3.63) is 47.2 Å². The van der Waals surface area contributed by atoms with Crippen LogP contribution in [0.4, 0.5) is 5.82 Å². The number of aromatic nitrogens is 2. The summed E-state index contributed by atoms with van der Waals surface area (Å²) in [6.45, 7) is 9.99. The lowest BCUT2D eigenvalue weighted by molar-refractivity contribution is 0.399. The Morgan fingerprint density at radius 3 is 2.76 bits per heavy atom. The maximum absolute atomic E-state index is 4.89. The highest BCUT2D eigenvalue weighted by atomic mass is 15.4. The molecule has 1 aliphatic rings. The van der Waals surface area contributed by atoms with Crippen molar-refractivity contribution in [3.8, 4) is 0 Å². The fourth-order valence-corrected chi connectivity index (χ4v) is 3.15. The molecule has 1 aromatic carbocycles. The summed E-state index contributed by atoms with van der Waals surface area (Å²) >= 11 is 0. The molecule has 1 N–H and O–H groups in total. The Morgan fingerprint density at radius 2 is 2.05 bits per heavy atom. The molecule has 0 saturated heterocycles. The highest BCUT2D eigenvalue weighted by Gasteiger charge is 2.25. The van der Waals surface area contributed by atoms with Crippen LogP contribution in [0.5, 0.6) is 0 Å². The van der Waals surface area contributed by atoms with Gasteiger partial charge in [-0.3, -0.25) is 0 Å². The first-order valence-electron chi connectivity index (χ1n) is 7.82. The van der Waals surface area contributed by atoms with Crippen LogP contribution in [-0.2, 0) is 6.42 Å². The molecule has 2 heterocycles. The molecule has 0 amide bonds. The van der Waals surface area contributed by atoms with Gasteiger partial charge in [0.1, 0.15) is 5.82 Å². The second-order valence-electron chi connectivity index (χ2n) is 7.29. The van der Waals surface area contributed by atoms with E-state index in [1.54, 1.807) is 0 Å². The largest absolute Gasteiger partial charge is 0.370 e. The highest BCUT2D eigenvalue weighted by Crippen LogP contribution is 2.32. The van der Waals surface area contributed by atoms with Gasteiger partial charge in [0.05, 0.1) is 11.7 Å². The smallest absolute Gasteiger partial charge is 0.125 e. The van der Waals surface area contributed by atoms with Gasteiger partial charge in [-0.1, -0.05) is 45.0 Å². The van der Waals surface area contributed by atoms with Gasteiger partial charge < -0.3 is 5.32 Å². The third kappa shape index (κ3) is 2.97. The predicted octanol–water partition coefficient (Wildman–Crippen LogP) is 4.19. The average Bonchev–Trinajstić information content (AvgIpc) is 2.79. The first kappa shape index (κ1) is 14.2. The molecule has 0 spiro atoms. The van der Waals surface area contributed by atoms with Crippen LogP contribution in [0.25, 0.3) is 0 Å². The molecule has 1 aromatic heterocycles. The molecular formula is C18H25N3. The number of fused-ring (bicyclic) bond motifs is 1. The Kier molecular flexibility index (Phi) is 3.52. The Hall–Kier alpha value is -1.77. The van der Waals surface area contributed by atoms with Gasteiger partial charge >= 0.3 is 0 Å². The van der Waals surface area contributed by atoms with E-state index in [9.17, 15) is 0 Å². The van der Waals surface area contributed by atoms with E-state index in [4.69, 9.17) is 5.10 Å². The van der Waals surface area contributed by atoms with Crippen LogP contribution in [0, 0.1) is 12.3 Å². The van der Waals surface area contributed by atoms with Gasteiger partial charge in [0.15, 0.2) is 0 Å². The van der Waals surface area contributed by atoms with E-state index in [-0.39, 0.29) is 5.41 Å². The van der Waals surface area contributed by atoms with Gasteiger partial charge in [-0.15, -0.1) is 0 Å². The van der Waals surface area contributed by atoms with Gasteiger partial charge in [-0.2, -0.15) is 5.10 Å². The number of nitrogens with zero attached hydrogens (tertiary/aromatic N) is 2. The van der Waals surface area contributed by atoms with E-state index in [1.807, 2.05) is 0 Å². The molecule has 0 bridgehead atoms. The molecule has 0 radical (unpaired) electrons. The van der Waals surface area contributed by atoms with Gasteiger partial charge in [0.25, 0.3) is 0 Å². The van der Waals surface area contributed by atoms with Crippen molar-refractivity contribution in [1.29, 1.82) is 0 Å². The van der Waals surface area contributed by atoms with Crippen molar-refractivity contribution in [2.75, 3.05) is 11.9 Å². The van der Waals surface area contributed by atoms with Crippen molar-refractivity contribution >= 4 is 5.82 Å². The van der Waals surface area contributed by atoms with E-state index < -0.39 is 0 Å². The summed E-state index contributed by atoms with van der Waals surface area (Å²) in [7, 11) is 0. The first-order chi connectivity index (χ1) is 9.94. The second-order valence-corrected chi connectivity index (χ2v) is 7.29. The van der Waals surface area contributed by atoms with E-state index in [0.717, 1.165) is 25.2 Å². The standard InChI is InChI=1S/C18H25N3/c1-13-7-5-6-8-15(13)16-9-10-19-17-11-14(20-21(16)17)12-18(2,3)4/h5-8,11,16,19H,9-10,12H2,1-4H3. The minimum atomic E-state index is 0.267. The molecule has 1 atom stereocenters. The van der Waals surface area contributed by atoms with Gasteiger partial charge in [-0.05, 0) is 36.3 Å². The van der Waals surface area contributed by atoms with Crippen molar-refractivity contribution < 1.29 is 0 Å².